The Hall–Kier alpha value is -1.36. The highest BCUT2D eigenvalue weighted by molar-refractivity contribution is 5.95. The Bertz CT molecular complexity index is 523. The van der Waals surface area contributed by atoms with Gasteiger partial charge in [0, 0.05) is 25.9 Å². The molecular weight excluding hydrogens is 254 g/mol. The predicted octanol–water partition coefficient (Wildman–Crippen LogP) is 1.80. The summed E-state index contributed by atoms with van der Waals surface area (Å²) < 4.78 is 7.40. The average Bonchev–Trinajstić information content (AvgIpc) is 2.98. The maximum atomic E-state index is 12.5. The van der Waals surface area contributed by atoms with Gasteiger partial charge in [0.2, 0.25) is 0 Å². The molecule has 1 aromatic rings. The zero-order chi connectivity index (χ0) is 13.7. The molecular formula is C15H21N3O2. The number of fused-ring (bicyclic) bond motifs is 1. The summed E-state index contributed by atoms with van der Waals surface area (Å²) in [5, 5.41) is 7.65. The molecule has 2 unspecified atom stereocenters. The molecule has 0 bridgehead atoms. The first kappa shape index (κ1) is 12.4. The van der Waals surface area contributed by atoms with E-state index in [1.54, 1.807) is 4.68 Å². The van der Waals surface area contributed by atoms with Crippen LogP contribution in [0.25, 0.3) is 0 Å². The predicted molar refractivity (Wildman–Crippen MR) is 73.2 cm³/mol. The van der Waals surface area contributed by atoms with Crippen LogP contribution in [-0.2, 0) is 11.8 Å². The van der Waals surface area contributed by atoms with E-state index in [9.17, 15) is 4.79 Å². The summed E-state index contributed by atoms with van der Waals surface area (Å²) in [5.41, 5.74) is 1.51. The van der Waals surface area contributed by atoms with Crippen molar-refractivity contribution in [1.82, 2.24) is 15.1 Å². The molecule has 2 saturated carbocycles. The maximum absolute atomic E-state index is 12.5. The molecule has 0 spiro atoms. The van der Waals surface area contributed by atoms with Crippen molar-refractivity contribution in [3.05, 3.63) is 17.5 Å². The summed E-state index contributed by atoms with van der Waals surface area (Å²) in [7, 11) is 1.86. The highest BCUT2D eigenvalue weighted by Gasteiger charge is 2.53. The summed E-state index contributed by atoms with van der Waals surface area (Å²) in [6.45, 7) is 0.773. The van der Waals surface area contributed by atoms with E-state index in [0.29, 0.717) is 11.6 Å². The molecule has 3 fully saturated rings. The molecule has 1 amide bonds. The van der Waals surface area contributed by atoms with Gasteiger partial charge in [0.25, 0.3) is 5.91 Å². The topological polar surface area (TPSA) is 56.2 Å². The summed E-state index contributed by atoms with van der Waals surface area (Å²) in [6.07, 6.45) is 7.72. The Morgan fingerprint density at radius 3 is 2.85 bits per heavy atom. The number of ether oxygens (including phenoxy) is 1. The van der Waals surface area contributed by atoms with Gasteiger partial charge in [-0.3, -0.25) is 9.48 Å². The number of carbonyl (C=O) groups excluding carboxylic acids is 1. The minimum atomic E-state index is -0.00403. The van der Waals surface area contributed by atoms with Crippen LogP contribution in [0.5, 0.6) is 0 Å². The number of aromatic nitrogens is 2. The van der Waals surface area contributed by atoms with Gasteiger partial charge >= 0.3 is 0 Å². The normalized spacial score (nSPS) is 35.0. The largest absolute Gasteiger partial charge is 0.372 e. The molecule has 0 aromatic carbocycles. The number of aryl methyl sites for hydroxylation is 1. The lowest BCUT2D eigenvalue weighted by molar-refractivity contribution is 0.0916. The van der Waals surface area contributed by atoms with E-state index in [1.165, 1.54) is 19.3 Å². The number of nitrogens with one attached hydrogen (secondary N) is 1. The van der Waals surface area contributed by atoms with Gasteiger partial charge in [0.15, 0.2) is 0 Å². The van der Waals surface area contributed by atoms with Crippen LogP contribution in [0.2, 0.25) is 0 Å². The number of nitrogens with zero attached hydrogens (tertiary/aromatic N) is 2. The molecule has 20 heavy (non-hydrogen) atoms. The standard InChI is InChI=1S/C15H21N3O2/c1-18-8-11(14(17-18)12-6-3-7-20-12)15(19)16-13-9-4-2-5-10(9)13/h8-10,12-13H,2-7H2,1H3,(H,16,19)/t9-,10+,12?,13?. The number of carbonyl (C=O) groups is 1. The van der Waals surface area contributed by atoms with Gasteiger partial charge in [0.1, 0.15) is 11.8 Å². The number of hydrogen-bond acceptors (Lipinski definition) is 3. The monoisotopic (exact) mass is 275 g/mol. The first-order chi connectivity index (χ1) is 9.74. The van der Waals surface area contributed by atoms with E-state index in [1.807, 2.05) is 13.2 Å². The van der Waals surface area contributed by atoms with Crippen molar-refractivity contribution >= 4 is 5.91 Å². The second-order valence-corrected chi connectivity index (χ2v) is 6.36. The zero-order valence-electron chi connectivity index (χ0n) is 11.8. The van der Waals surface area contributed by atoms with Crippen LogP contribution < -0.4 is 5.32 Å². The van der Waals surface area contributed by atoms with Gasteiger partial charge in [-0.05, 0) is 37.5 Å². The molecule has 2 heterocycles. The van der Waals surface area contributed by atoms with Crippen molar-refractivity contribution in [2.24, 2.45) is 18.9 Å². The quantitative estimate of drug-likeness (QED) is 0.915. The summed E-state index contributed by atoms with van der Waals surface area (Å²) in [5.74, 6) is 1.51. The molecule has 3 aliphatic rings. The Morgan fingerprint density at radius 2 is 2.15 bits per heavy atom. The van der Waals surface area contributed by atoms with E-state index in [0.717, 1.165) is 37.0 Å². The molecule has 2 aliphatic carbocycles. The minimum absolute atomic E-state index is 0.00403. The van der Waals surface area contributed by atoms with Crippen LogP contribution in [0.3, 0.4) is 0 Å². The lowest BCUT2D eigenvalue weighted by atomic mass is 10.1. The molecule has 5 heteroatoms. The second kappa shape index (κ2) is 4.58. The van der Waals surface area contributed by atoms with Crippen molar-refractivity contribution in [3.63, 3.8) is 0 Å². The molecule has 5 nitrogen and oxygen atoms in total. The molecule has 1 aromatic heterocycles. The van der Waals surface area contributed by atoms with Crippen LogP contribution in [0.1, 0.15) is 54.3 Å². The second-order valence-electron chi connectivity index (χ2n) is 6.36. The van der Waals surface area contributed by atoms with E-state index in [-0.39, 0.29) is 12.0 Å². The Labute approximate surface area is 118 Å². The highest BCUT2D eigenvalue weighted by Crippen LogP contribution is 2.52. The van der Waals surface area contributed by atoms with Crippen molar-refractivity contribution in [1.29, 1.82) is 0 Å². The van der Waals surface area contributed by atoms with E-state index >= 15 is 0 Å². The van der Waals surface area contributed by atoms with Gasteiger partial charge in [-0.2, -0.15) is 5.10 Å². The molecule has 1 saturated heterocycles. The third kappa shape index (κ3) is 1.95. The third-order valence-corrected chi connectivity index (χ3v) is 5.04. The molecule has 4 atom stereocenters. The fourth-order valence-corrected chi connectivity index (χ4v) is 3.98. The SMILES string of the molecule is Cn1cc(C(=O)NC2[C@H]3CCC[C@@H]23)c(C2CCCO2)n1. The number of rotatable bonds is 3. The van der Waals surface area contributed by atoms with Gasteiger partial charge in [-0.25, -0.2) is 0 Å². The fourth-order valence-electron chi connectivity index (χ4n) is 3.98. The lowest BCUT2D eigenvalue weighted by Crippen LogP contribution is -2.29. The fraction of sp³-hybridized carbons (Fsp3) is 0.733. The average molecular weight is 275 g/mol. The van der Waals surface area contributed by atoms with Gasteiger partial charge in [-0.15, -0.1) is 0 Å². The first-order valence-corrected chi connectivity index (χ1v) is 7.70. The van der Waals surface area contributed by atoms with Crippen LogP contribution >= 0.6 is 0 Å². The van der Waals surface area contributed by atoms with Crippen molar-refractivity contribution in [2.45, 2.75) is 44.2 Å². The van der Waals surface area contributed by atoms with E-state index in [2.05, 4.69) is 10.4 Å². The summed E-state index contributed by atoms with van der Waals surface area (Å²) >= 11 is 0. The van der Waals surface area contributed by atoms with Gasteiger partial charge in [0.05, 0.1) is 5.56 Å². The van der Waals surface area contributed by atoms with Crippen molar-refractivity contribution < 1.29 is 9.53 Å². The maximum Gasteiger partial charge on any atom is 0.255 e. The van der Waals surface area contributed by atoms with Crippen LogP contribution in [0.4, 0.5) is 0 Å². The van der Waals surface area contributed by atoms with Gasteiger partial charge in [-0.1, -0.05) is 6.42 Å². The lowest BCUT2D eigenvalue weighted by Gasteiger charge is -2.10. The molecule has 108 valence electrons. The zero-order valence-corrected chi connectivity index (χ0v) is 11.8. The van der Waals surface area contributed by atoms with Gasteiger partial charge < -0.3 is 10.1 Å². The number of hydrogen-bond donors (Lipinski definition) is 1. The first-order valence-electron chi connectivity index (χ1n) is 7.70. The van der Waals surface area contributed by atoms with Crippen molar-refractivity contribution in [3.8, 4) is 0 Å². The molecule has 1 N–H and O–H groups in total. The molecule has 4 rings (SSSR count). The third-order valence-electron chi connectivity index (χ3n) is 5.04. The smallest absolute Gasteiger partial charge is 0.255 e. The Kier molecular flexibility index (Phi) is 2.84. The number of amides is 1. The Morgan fingerprint density at radius 1 is 1.35 bits per heavy atom. The summed E-state index contributed by atoms with van der Waals surface area (Å²) in [6, 6.07) is 0.411. The molecule has 0 radical (unpaired) electrons. The van der Waals surface area contributed by atoms with E-state index in [4.69, 9.17) is 4.74 Å². The van der Waals surface area contributed by atoms with Crippen LogP contribution in [-0.4, -0.2) is 28.3 Å². The highest BCUT2D eigenvalue weighted by atomic mass is 16.5. The van der Waals surface area contributed by atoms with Crippen molar-refractivity contribution in [2.75, 3.05) is 6.61 Å². The molecule has 1 aliphatic heterocycles. The minimum Gasteiger partial charge on any atom is -0.372 e. The van der Waals surface area contributed by atoms with Crippen LogP contribution in [0, 0.1) is 11.8 Å². The van der Waals surface area contributed by atoms with E-state index < -0.39 is 0 Å². The van der Waals surface area contributed by atoms with Crippen LogP contribution in [0.15, 0.2) is 6.20 Å². The Balaban J connectivity index is 1.50. The summed E-state index contributed by atoms with van der Waals surface area (Å²) in [4.78, 5) is 12.5.